The predicted octanol–water partition coefficient (Wildman–Crippen LogP) is 6.89. The number of hydrogen-bond acceptors (Lipinski definition) is 3. The van der Waals surface area contributed by atoms with Gasteiger partial charge >= 0.3 is 0 Å². The van der Waals surface area contributed by atoms with Crippen molar-refractivity contribution >= 4 is 52.1 Å². The number of halogens is 2. The molecule has 150 valence electrons. The first kappa shape index (κ1) is 21.4. The molecule has 3 rings (SSSR count). The maximum Gasteiger partial charge on any atom is 0.293 e. The molecule has 1 aromatic heterocycles. The molecule has 0 radical (unpaired) electrons. The van der Waals surface area contributed by atoms with E-state index in [1.165, 1.54) is 0 Å². The van der Waals surface area contributed by atoms with Crippen molar-refractivity contribution in [1.82, 2.24) is 5.32 Å². The first-order valence-corrected chi connectivity index (χ1v) is 10.3. The molecule has 0 bridgehead atoms. The van der Waals surface area contributed by atoms with Gasteiger partial charge in [0.2, 0.25) is 0 Å². The largest absolute Gasteiger partial charge is 0.451 e. The Morgan fingerprint density at radius 3 is 2.66 bits per heavy atom. The second kappa shape index (κ2) is 9.44. The third-order valence-corrected chi connectivity index (χ3v) is 5.37. The molecule has 2 N–H and O–H groups in total. The number of rotatable bonds is 5. The van der Waals surface area contributed by atoms with E-state index in [0.717, 1.165) is 17.7 Å². The van der Waals surface area contributed by atoms with Crippen LogP contribution in [0.4, 0.5) is 5.69 Å². The standard InChI is InChI=1S/C22H20Cl2N2O2S/c1-3-13(2)15-6-4-5-7-18(15)25-22(29)26-21(27)20-11-10-19(28-20)16-12-14(23)8-9-17(16)24/h4-13H,3H2,1-2H3,(H2,25,26,27,29)/t13-/m0/s1. The first-order valence-electron chi connectivity index (χ1n) is 9.15. The lowest BCUT2D eigenvalue weighted by Gasteiger charge is -2.16. The Morgan fingerprint density at radius 1 is 1.14 bits per heavy atom. The number of amides is 1. The molecule has 0 saturated carbocycles. The Hall–Kier alpha value is -2.34. The molecule has 0 aliphatic rings. The van der Waals surface area contributed by atoms with E-state index in [1.807, 2.05) is 18.2 Å². The third kappa shape index (κ3) is 5.18. The fourth-order valence-electron chi connectivity index (χ4n) is 2.87. The van der Waals surface area contributed by atoms with E-state index in [4.69, 9.17) is 39.8 Å². The van der Waals surface area contributed by atoms with Crippen LogP contribution in [0, 0.1) is 0 Å². The van der Waals surface area contributed by atoms with Gasteiger partial charge in [0.05, 0.1) is 5.02 Å². The zero-order valence-corrected chi connectivity index (χ0v) is 18.3. The highest BCUT2D eigenvalue weighted by Gasteiger charge is 2.16. The summed E-state index contributed by atoms with van der Waals surface area (Å²) >= 11 is 17.5. The summed E-state index contributed by atoms with van der Waals surface area (Å²) in [5.74, 6) is 0.485. The highest BCUT2D eigenvalue weighted by Crippen LogP contribution is 2.32. The molecule has 0 unspecified atom stereocenters. The molecular formula is C22H20Cl2N2O2S. The van der Waals surface area contributed by atoms with Gasteiger partial charge in [0, 0.05) is 16.3 Å². The Kier molecular flexibility index (Phi) is 6.96. The monoisotopic (exact) mass is 446 g/mol. The Balaban J connectivity index is 1.71. The molecule has 0 aliphatic heterocycles. The number of hydrogen-bond donors (Lipinski definition) is 2. The molecular weight excluding hydrogens is 427 g/mol. The fourth-order valence-corrected chi connectivity index (χ4v) is 3.46. The summed E-state index contributed by atoms with van der Waals surface area (Å²) in [7, 11) is 0. The second-order valence-corrected chi connectivity index (χ2v) is 7.84. The van der Waals surface area contributed by atoms with Crippen molar-refractivity contribution in [3.8, 4) is 11.3 Å². The van der Waals surface area contributed by atoms with Gasteiger partial charge < -0.3 is 9.73 Å². The molecule has 4 nitrogen and oxygen atoms in total. The SMILES string of the molecule is CC[C@H](C)c1ccccc1NC(=S)NC(=O)c1ccc(-c2cc(Cl)ccc2Cl)o1. The van der Waals surface area contributed by atoms with E-state index in [-0.39, 0.29) is 10.9 Å². The average Bonchev–Trinajstić information content (AvgIpc) is 3.19. The lowest BCUT2D eigenvalue weighted by Crippen LogP contribution is -2.34. The Bertz CT molecular complexity index is 1050. The van der Waals surface area contributed by atoms with Gasteiger partial charge in [-0.05, 0) is 66.5 Å². The molecule has 7 heteroatoms. The Morgan fingerprint density at radius 2 is 1.90 bits per heavy atom. The van der Waals surface area contributed by atoms with E-state index in [0.29, 0.717) is 27.3 Å². The van der Waals surface area contributed by atoms with Crippen LogP contribution in [0.1, 0.15) is 42.3 Å². The molecule has 3 aromatic rings. The predicted molar refractivity (Wildman–Crippen MR) is 123 cm³/mol. The van der Waals surface area contributed by atoms with Crippen LogP contribution in [0.3, 0.4) is 0 Å². The van der Waals surface area contributed by atoms with Crippen LogP contribution in [0.2, 0.25) is 10.0 Å². The fraction of sp³-hybridized carbons (Fsp3) is 0.182. The summed E-state index contributed by atoms with van der Waals surface area (Å²) in [6, 6.07) is 16.2. The molecule has 0 aliphatic carbocycles. The number of carbonyl (C=O) groups excluding carboxylic acids is 1. The number of nitrogens with one attached hydrogen (secondary N) is 2. The highest BCUT2D eigenvalue weighted by molar-refractivity contribution is 7.80. The van der Waals surface area contributed by atoms with Crippen molar-refractivity contribution in [2.24, 2.45) is 0 Å². The van der Waals surface area contributed by atoms with Crippen molar-refractivity contribution in [3.63, 3.8) is 0 Å². The highest BCUT2D eigenvalue weighted by atomic mass is 35.5. The van der Waals surface area contributed by atoms with Gasteiger partial charge in [-0.15, -0.1) is 0 Å². The van der Waals surface area contributed by atoms with E-state index < -0.39 is 5.91 Å². The normalized spacial score (nSPS) is 11.7. The van der Waals surface area contributed by atoms with E-state index in [2.05, 4.69) is 30.5 Å². The third-order valence-electron chi connectivity index (χ3n) is 4.60. The summed E-state index contributed by atoms with van der Waals surface area (Å²) in [5, 5.41) is 6.95. The molecule has 1 atom stereocenters. The van der Waals surface area contributed by atoms with Gasteiger partial charge in [0.1, 0.15) is 5.76 Å². The van der Waals surface area contributed by atoms with Gasteiger partial charge in [-0.1, -0.05) is 55.2 Å². The van der Waals surface area contributed by atoms with Crippen LogP contribution >= 0.6 is 35.4 Å². The van der Waals surface area contributed by atoms with Gasteiger partial charge in [0.15, 0.2) is 10.9 Å². The van der Waals surface area contributed by atoms with Crippen LogP contribution in [-0.2, 0) is 0 Å². The summed E-state index contributed by atoms with van der Waals surface area (Å²) < 4.78 is 5.66. The van der Waals surface area contributed by atoms with Crippen LogP contribution in [0.5, 0.6) is 0 Å². The molecule has 29 heavy (non-hydrogen) atoms. The lowest BCUT2D eigenvalue weighted by molar-refractivity contribution is 0.0951. The number of carbonyl (C=O) groups is 1. The number of thiocarbonyl (C=S) groups is 1. The van der Waals surface area contributed by atoms with E-state index >= 15 is 0 Å². The average molecular weight is 447 g/mol. The Labute approximate surface area is 185 Å². The molecule has 0 saturated heterocycles. The lowest BCUT2D eigenvalue weighted by atomic mass is 9.97. The smallest absolute Gasteiger partial charge is 0.293 e. The van der Waals surface area contributed by atoms with Crippen molar-refractivity contribution in [2.45, 2.75) is 26.2 Å². The van der Waals surface area contributed by atoms with Gasteiger partial charge in [-0.25, -0.2) is 0 Å². The summed E-state index contributed by atoms with van der Waals surface area (Å²) in [4.78, 5) is 12.5. The number of furan rings is 1. The van der Waals surface area contributed by atoms with Crippen molar-refractivity contribution in [1.29, 1.82) is 0 Å². The van der Waals surface area contributed by atoms with Crippen LogP contribution in [0.15, 0.2) is 59.0 Å². The van der Waals surface area contributed by atoms with Crippen molar-refractivity contribution in [2.75, 3.05) is 5.32 Å². The summed E-state index contributed by atoms with van der Waals surface area (Å²) in [6.07, 6.45) is 0.999. The topological polar surface area (TPSA) is 54.3 Å². The minimum atomic E-state index is -0.451. The number of para-hydroxylation sites is 1. The van der Waals surface area contributed by atoms with Crippen LogP contribution < -0.4 is 10.6 Å². The quantitative estimate of drug-likeness (QED) is 0.418. The molecule has 0 fully saturated rings. The van der Waals surface area contributed by atoms with Crippen LogP contribution in [-0.4, -0.2) is 11.0 Å². The number of anilines is 1. The first-order chi connectivity index (χ1) is 13.9. The van der Waals surface area contributed by atoms with Gasteiger partial charge in [-0.3, -0.25) is 10.1 Å². The van der Waals surface area contributed by atoms with Gasteiger partial charge in [0.25, 0.3) is 5.91 Å². The van der Waals surface area contributed by atoms with Crippen LogP contribution in [0.25, 0.3) is 11.3 Å². The minimum Gasteiger partial charge on any atom is -0.451 e. The summed E-state index contributed by atoms with van der Waals surface area (Å²) in [6.45, 7) is 4.27. The molecule has 0 spiro atoms. The second-order valence-electron chi connectivity index (χ2n) is 6.59. The van der Waals surface area contributed by atoms with E-state index in [1.54, 1.807) is 30.3 Å². The zero-order valence-electron chi connectivity index (χ0n) is 16.0. The molecule has 2 aromatic carbocycles. The zero-order chi connectivity index (χ0) is 21.0. The van der Waals surface area contributed by atoms with Gasteiger partial charge in [-0.2, -0.15) is 0 Å². The van der Waals surface area contributed by atoms with Crippen molar-refractivity contribution < 1.29 is 9.21 Å². The molecule has 1 heterocycles. The van der Waals surface area contributed by atoms with E-state index in [9.17, 15) is 4.79 Å². The van der Waals surface area contributed by atoms with Crippen molar-refractivity contribution in [3.05, 3.63) is 76.0 Å². The maximum atomic E-state index is 12.5. The minimum absolute atomic E-state index is 0.121. The maximum absolute atomic E-state index is 12.5. The summed E-state index contributed by atoms with van der Waals surface area (Å²) in [5.41, 5.74) is 2.63. The number of benzene rings is 2. The molecule has 1 amide bonds.